The summed E-state index contributed by atoms with van der Waals surface area (Å²) in [4.78, 5) is 19.5. The number of rotatable bonds is 2. The van der Waals surface area contributed by atoms with Gasteiger partial charge in [-0.25, -0.2) is 0 Å². The molecule has 0 aliphatic rings. The van der Waals surface area contributed by atoms with Crippen LogP contribution < -0.4 is 5.73 Å². The van der Waals surface area contributed by atoms with Gasteiger partial charge in [0.15, 0.2) is 0 Å². The normalized spacial score (nSPS) is 9.13. The first-order valence-electron chi connectivity index (χ1n) is 4.57. The van der Waals surface area contributed by atoms with Crippen LogP contribution in [0.4, 0.5) is 0 Å². The Morgan fingerprint density at radius 2 is 1.93 bits per heavy atom. The van der Waals surface area contributed by atoms with Gasteiger partial charge >= 0.3 is 6.15 Å². The van der Waals surface area contributed by atoms with Crippen molar-refractivity contribution in [1.82, 2.24) is 4.98 Å². The molecule has 1 heterocycles. The third-order valence-electron chi connectivity index (χ3n) is 2.09. The number of hydrogen-bond acceptors (Lipinski definition) is 3. The van der Waals surface area contributed by atoms with E-state index in [2.05, 4.69) is 23.2 Å². The second-order valence-electron chi connectivity index (χ2n) is 2.98. The molecule has 15 heavy (non-hydrogen) atoms. The smallest absolute Gasteiger partial charge is 0.361 e. The highest BCUT2D eigenvalue weighted by molar-refractivity contribution is 5.82. The van der Waals surface area contributed by atoms with E-state index >= 15 is 0 Å². The monoisotopic (exact) mass is 204 g/mol. The fraction of sp³-hybridized carbons (Fsp3) is 0.182. The van der Waals surface area contributed by atoms with Crippen LogP contribution in [0, 0.1) is 0 Å². The molecule has 1 aromatic heterocycles. The Labute approximate surface area is 87.1 Å². The number of carbonyl (C=O) groups excluding carboxylic acids is 2. The number of nitrogens with one attached hydrogen (secondary N) is 1. The van der Waals surface area contributed by atoms with Gasteiger partial charge in [-0.3, -0.25) is 0 Å². The third kappa shape index (κ3) is 2.77. The van der Waals surface area contributed by atoms with Crippen molar-refractivity contribution in [3.8, 4) is 0 Å². The van der Waals surface area contributed by atoms with Gasteiger partial charge in [0.25, 0.3) is 0 Å². The summed E-state index contributed by atoms with van der Waals surface area (Å²) >= 11 is 0. The predicted octanol–water partition coefficient (Wildman–Crippen LogP) is 1.09. The van der Waals surface area contributed by atoms with Crippen LogP contribution >= 0.6 is 0 Å². The molecule has 0 saturated carbocycles. The van der Waals surface area contributed by atoms with E-state index in [-0.39, 0.29) is 6.15 Å². The van der Waals surface area contributed by atoms with Crippen LogP contribution in [0.3, 0.4) is 0 Å². The molecule has 1 aromatic carbocycles. The molecule has 4 nitrogen and oxygen atoms in total. The molecule has 0 aliphatic carbocycles. The highest BCUT2D eigenvalue weighted by atomic mass is 16.2. The summed E-state index contributed by atoms with van der Waals surface area (Å²) in [5.41, 5.74) is 8.01. The molecule has 2 aromatic rings. The third-order valence-corrected chi connectivity index (χ3v) is 2.09. The summed E-state index contributed by atoms with van der Waals surface area (Å²) < 4.78 is 0. The Bertz CT molecular complexity index is 456. The van der Waals surface area contributed by atoms with Crippen LogP contribution in [0.1, 0.15) is 5.56 Å². The number of aromatic amines is 1. The van der Waals surface area contributed by atoms with Crippen molar-refractivity contribution < 1.29 is 9.59 Å². The number of hydrogen-bond donors (Lipinski definition) is 2. The minimum Gasteiger partial charge on any atom is -0.361 e. The van der Waals surface area contributed by atoms with E-state index in [1.165, 1.54) is 16.5 Å². The highest BCUT2D eigenvalue weighted by Crippen LogP contribution is 2.17. The standard InChI is InChI=1S/C10H12N2.CO2/c11-6-5-8-7-12-10-4-2-1-3-9(8)10;2-1-3/h1-4,7,12H,5-6,11H2;. The molecule has 0 atom stereocenters. The summed E-state index contributed by atoms with van der Waals surface area (Å²) in [5, 5.41) is 1.29. The van der Waals surface area contributed by atoms with Crippen LogP contribution in [0.15, 0.2) is 30.5 Å². The van der Waals surface area contributed by atoms with Crippen LogP contribution in [0.2, 0.25) is 0 Å². The molecule has 0 saturated heterocycles. The fourth-order valence-electron chi connectivity index (χ4n) is 1.49. The van der Waals surface area contributed by atoms with Crippen molar-refractivity contribution in [2.75, 3.05) is 6.54 Å². The van der Waals surface area contributed by atoms with Crippen molar-refractivity contribution in [3.05, 3.63) is 36.0 Å². The lowest BCUT2D eigenvalue weighted by molar-refractivity contribution is -0.191. The lowest BCUT2D eigenvalue weighted by Crippen LogP contribution is -2.01. The molecular formula is C11H12N2O2. The summed E-state index contributed by atoms with van der Waals surface area (Å²) in [6, 6.07) is 8.29. The van der Waals surface area contributed by atoms with Gasteiger partial charge in [-0.15, -0.1) is 0 Å². The molecule has 2 rings (SSSR count). The molecule has 0 amide bonds. The van der Waals surface area contributed by atoms with Gasteiger partial charge in [-0.2, -0.15) is 9.59 Å². The summed E-state index contributed by atoms with van der Waals surface area (Å²) in [5.74, 6) is 0. The Kier molecular flexibility index (Phi) is 4.29. The predicted molar refractivity (Wildman–Crippen MR) is 56.1 cm³/mol. The first-order chi connectivity index (χ1) is 7.33. The fourth-order valence-corrected chi connectivity index (χ4v) is 1.49. The number of nitrogens with two attached hydrogens (primary N) is 1. The first kappa shape index (κ1) is 11.2. The maximum atomic E-state index is 8.12. The highest BCUT2D eigenvalue weighted by Gasteiger charge is 1.99. The molecule has 3 N–H and O–H groups in total. The summed E-state index contributed by atoms with van der Waals surface area (Å²) in [6.07, 6.45) is 3.24. The number of benzene rings is 1. The van der Waals surface area contributed by atoms with Gasteiger partial charge in [0.1, 0.15) is 0 Å². The van der Waals surface area contributed by atoms with Crippen LogP contribution in [-0.2, 0) is 16.0 Å². The lowest BCUT2D eigenvalue weighted by atomic mass is 10.1. The van der Waals surface area contributed by atoms with Crippen LogP contribution in [-0.4, -0.2) is 17.7 Å². The molecule has 0 unspecified atom stereocenters. The molecule has 0 aliphatic heterocycles. The lowest BCUT2D eigenvalue weighted by Gasteiger charge is -1.93. The largest absolute Gasteiger partial charge is 0.373 e. The van der Waals surface area contributed by atoms with Crippen molar-refractivity contribution in [1.29, 1.82) is 0 Å². The Morgan fingerprint density at radius 3 is 2.60 bits per heavy atom. The van der Waals surface area contributed by atoms with Crippen LogP contribution in [0.5, 0.6) is 0 Å². The van der Waals surface area contributed by atoms with E-state index in [0.717, 1.165) is 6.42 Å². The summed E-state index contributed by atoms with van der Waals surface area (Å²) in [7, 11) is 0. The van der Waals surface area contributed by atoms with Gasteiger partial charge in [-0.05, 0) is 24.6 Å². The number of para-hydroxylation sites is 1. The molecule has 78 valence electrons. The van der Waals surface area contributed by atoms with E-state index in [1.54, 1.807) is 0 Å². The number of aromatic nitrogens is 1. The Hall–Kier alpha value is -1.90. The molecule has 0 radical (unpaired) electrons. The quantitative estimate of drug-likeness (QED) is 0.768. The summed E-state index contributed by atoms with van der Waals surface area (Å²) in [6.45, 7) is 0.710. The Balaban J connectivity index is 0.000000337. The van der Waals surface area contributed by atoms with Gasteiger partial charge in [0.05, 0.1) is 0 Å². The average molecular weight is 204 g/mol. The number of fused-ring (bicyclic) bond motifs is 1. The van der Waals surface area contributed by atoms with E-state index < -0.39 is 0 Å². The zero-order chi connectivity index (χ0) is 11.1. The van der Waals surface area contributed by atoms with Crippen molar-refractivity contribution in [3.63, 3.8) is 0 Å². The minimum atomic E-state index is 0.250. The molecule has 0 fully saturated rings. The van der Waals surface area contributed by atoms with Crippen LogP contribution in [0.25, 0.3) is 10.9 Å². The van der Waals surface area contributed by atoms with Crippen molar-refractivity contribution >= 4 is 17.1 Å². The zero-order valence-corrected chi connectivity index (χ0v) is 8.19. The van der Waals surface area contributed by atoms with E-state index in [1.807, 2.05) is 12.3 Å². The van der Waals surface area contributed by atoms with Gasteiger partial charge in [0, 0.05) is 17.1 Å². The molecule has 0 spiro atoms. The van der Waals surface area contributed by atoms with Gasteiger partial charge in [0.2, 0.25) is 0 Å². The SMILES string of the molecule is NCCc1c[nH]c2ccccc12.O=C=O. The first-order valence-corrected chi connectivity index (χ1v) is 4.57. The van der Waals surface area contributed by atoms with E-state index in [4.69, 9.17) is 15.3 Å². The Morgan fingerprint density at radius 1 is 1.27 bits per heavy atom. The maximum Gasteiger partial charge on any atom is 0.373 e. The second-order valence-corrected chi connectivity index (χ2v) is 2.98. The van der Waals surface area contributed by atoms with E-state index in [9.17, 15) is 0 Å². The second kappa shape index (κ2) is 5.75. The topological polar surface area (TPSA) is 76.0 Å². The van der Waals surface area contributed by atoms with Gasteiger partial charge in [-0.1, -0.05) is 18.2 Å². The zero-order valence-electron chi connectivity index (χ0n) is 8.19. The molecule has 0 bridgehead atoms. The van der Waals surface area contributed by atoms with Crippen molar-refractivity contribution in [2.45, 2.75) is 6.42 Å². The van der Waals surface area contributed by atoms with E-state index in [0.29, 0.717) is 6.54 Å². The molecular weight excluding hydrogens is 192 g/mol. The minimum absolute atomic E-state index is 0.250. The average Bonchev–Trinajstić information content (AvgIpc) is 2.64. The number of H-pyrrole nitrogens is 1. The maximum absolute atomic E-state index is 8.12. The van der Waals surface area contributed by atoms with Gasteiger partial charge < -0.3 is 10.7 Å². The molecule has 4 heteroatoms. The van der Waals surface area contributed by atoms with Crippen molar-refractivity contribution in [2.24, 2.45) is 5.73 Å².